The van der Waals surface area contributed by atoms with Crippen LogP contribution in [-0.2, 0) is 4.79 Å². The van der Waals surface area contributed by atoms with Gasteiger partial charge in [0.15, 0.2) is 0 Å². The van der Waals surface area contributed by atoms with Crippen molar-refractivity contribution in [1.29, 1.82) is 0 Å². The van der Waals surface area contributed by atoms with E-state index in [4.69, 9.17) is 11.6 Å². The molecule has 0 bridgehead atoms. The van der Waals surface area contributed by atoms with Gasteiger partial charge in [-0.2, -0.15) is 0 Å². The third kappa shape index (κ3) is 1.83. The summed E-state index contributed by atoms with van der Waals surface area (Å²) in [6, 6.07) is 8.12. The van der Waals surface area contributed by atoms with Gasteiger partial charge in [-0.05, 0) is 24.1 Å². The van der Waals surface area contributed by atoms with Crippen LogP contribution in [0, 0.1) is 0 Å². The fourth-order valence-electron chi connectivity index (χ4n) is 1.54. The number of benzene rings is 1. The number of nitrogens with one attached hydrogen (secondary N) is 1. The first-order valence-electron chi connectivity index (χ1n) is 4.26. The van der Waals surface area contributed by atoms with Gasteiger partial charge in [-0.3, -0.25) is 4.79 Å². The predicted molar refractivity (Wildman–Crippen MR) is 51.8 cm³/mol. The average Bonchev–Trinajstić information content (AvgIpc) is 2.86. The van der Waals surface area contributed by atoms with E-state index in [0.717, 1.165) is 17.9 Å². The summed E-state index contributed by atoms with van der Waals surface area (Å²) in [6.45, 7) is 0. The van der Waals surface area contributed by atoms with Crippen molar-refractivity contribution in [1.82, 2.24) is 5.32 Å². The lowest BCUT2D eigenvalue weighted by molar-refractivity contribution is -0.109. The van der Waals surface area contributed by atoms with Gasteiger partial charge >= 0.3 is 0 Å². The second-order valence-electron chi connectivity index (χ2n) is 3.28. The van der Waals surface area contributed by atoms with Crippen molar-refractivity contribution in [2.75, 3.05) is 0 Å². The summed E-state index contributed by atoms with van der Waals surface area (Å²) in [7, 11) is 0. The van der Waals surface area contributed by atoms with Crippen molar-refractivity contribution >= 4 is 18.0 Å². The topological polar surface area (TPSA) is 29.1 Å². The lowest BCUT2D eigenvalue weighted by Gasteiger charge is -1.99. The quantitative estimate of drug-likeness (QED) is 0.734. The minimum atomic E-state index is 0.332. The van der Waals surface area contributed by atoms with E-state index in [1.165, 1.54) is 5.56 Å². The summed E-state index contributed by atoms with van der Waals surface area (Å²) in [5.74, 6) is 0.488. The molecule has 0 radical (unpaired) electrons. The van der Waals surface area contributed by atoms with Crippen LogP contribution in [0.25, 0.3) is 0 Å². The molecule has 0 spiro atoms. The molecule has 2 rings (SSSR count). The SMILES string of the molecule is O=CN[C@H]1C[C@@H]1c1ccc(Cl)cc1. The minimum absolute atomic E-state index is 0.332. The van der Waals surface area contributed by atoms with Gasteiger partial charge in [-0.1, -0.05) is 23.7 Å². The number of hydrogen-bond donors (Lipinski definition) is 1. The highest BCUT2D eigenvalue weighted by molar-refractivity contribution is 6.30. The predicted octanol–water partition coefficient (Wildman–Crippen LogP) is 1.94. The van der Waals surface area contributed by atoms with Gasteiger partial charge in [0.05, 0.1) is 0 Å². The molecule has 1 aliphatic carbocycles. The van der Waals surface area contributed by atoms with Gasteiger partial charge < -0.3 is 5.32 Å². The zero-order valence-corrected chi connectivity index (χ0v) is 7.79. The molecule has 1 aliphatic rings. The summed E-state index contributed by atoms with van der Waals surface area (Å²) in [5.41, 5.74) is 1.25. The Hall–Kier alpha value is -1.02. The molecule has 1 saturated carbocycles. The summed E-state index contributed by atoms with van der Waals surface area (Å²) in [6.07, 6.45) is 1.81. The minimum Gasteiger partial charge on any atom is -0.355 e. The number of halogens is 1. The van der Waals surface area contributed by atoms with E-state index in [-0.39, 0.29) is 0 Å². The lowest BCUT2D eigenvalue weighted by atomic mass is 10.1. The van der Waals surface area contributed by atoms with Crippen LogP contribution >= 0.6 is 11.6 Å². The Labute approximate surface area is 81.9 Å². The molecule has 1 N–H and O–H groups in total. The molecule has 1 aromatic rings. The molecule has 2 nitrogen and oxygen atoms in total. The van der Waals surface area contributed by atoms with Crippen LogP contribution in [0.15, 0.2) is 24.3 Å². The monoisotopic (exact) mass is 195 g/mol. The molecule has 1 amide bonds. The highest BCUT2D eigenvalue weighted by atomic mass is 35.5. The largest absolute Gasteiger partial charge is 0.355 e. The molecular weight excluding hydrogens is 186 g/mol. The summed E-state index contributed by atoms with van der Waals surface area (Å²) >= 11 is 5.76. The molecule has 0 heterocycles. The Bertz CT molecular complexity index is 309. The molecule has 3 heteroatoms. The van der Waals surface area contributed by atoms with Gasteiger partial charge in [0.1, 0.15) is 0 Å². The Morgan fingerprint density at radius 2 is 2.08 bits per heavy atom. The zero-order chi connectivity index (χ0) is 9.26. The van der Waals surface area contributed by atoms with Gasteiger partial charge in [0.2, 0.25) is 6.41 Å². The van der Waals surface area contributed by atoms with E-state index < -0.39 is 0 Å². The molecule has 2 atom stereocenters. The van der Waals surface area contributed by atoms with E-state index >= 15 is 0 Å². The van der Waals surface area contributed by atoms with Crippen molar-refractivity contribution in [3.05, 3.63) is 34.9 Å². The summed E-state index contributed by atoms with van der Waals surface area (Å²) < 4.78 is 0. The van der Waals surface area contributed by atoms with Crippen molar-refractivity contribution in [3.8, 4) is 0 Å². The maximum Gasteiger partial charge on any atom is 0.207 e. The molecule has 0 aliphatic heterocycles. The Kier molecular flexibility index (Phi) is 2.23. The van der Waals surface area contributed by atoms with Crippen molar-refractivity contribution in [2.45, 2.75) is 18.4 Å². The molecule has 1 fully saturated rings. The van der Waals surface area contributed by atoms with E-state index in [0.29, 0.717) is 12.0 Å². The Morgan fingerprint density at radius 1 is 1.38 bits per heavy atom. The molecule has 0 aromatic heterocycles. The van der Waals surface area contributed by atoms with Crippen LogP contribution in [0.5, 0.6) is 0 Å². The van der Waals surface area contributed by atoms with Crippen molar-refractivity contribution in [2.24, 2.45) is 0 Å². The first-order valence-corrected chi connectivity index (χ1v) is 4.64. The molecule has 13 heavy (non-hydrogen) atoms. The van der Waals surface area contributed by atoms with Gasteiger partial charge in [-0.15, -0.1) is 0 Å². The molecule has 68 valence electrons. The first-order chi connectivity index (χ1) is 6.31. The standard InChI is InChI=1S/C10H10ClNO/c11-8-3-1-7(2-4-8)9-5-10(9)12-6-13/h1-4,6,9-10H,5H2,(H,12,13)/t9-,10+/m1/s1. The van der Waals surface area contributed by atoms with Crippen LogP contribution < -0.4 is 5.32 Å². The lowest BCUT2D eigenvalue weighted by Crippen LogP contribution is -2.14. The van der Waals surface area contributed by atoms with E-state index in [2.05, 4.69) is 5.32 Å². The second kappa shape index (κ2) is 3.38. The molecule has 0 unspecified atom stereocenters. The molecular formula is C10H10ClNO. The molecule has 1 aromatic carbocycles. The van der Waals surface area contributed by atoms with Crippen LogP contribution in [0.3, 0.4) is 0 Å². The Balaban J connectivity index is 2.03. The van der Waals surface area contributed by atoms with Crippen LogP contribution in [0.2, 0.25) is 5.02 Å². The zero-order valence-electron chi connectivity index (χ0n) is 7.03. The van der Waals surface area contributed by atoms with Crippen molar-refractivity contribution < 1.29 is 4.79 Å². The van der Waals surface area contributed by atoms with Crippen LogP contribution in [0.4, 0.5) is 0 Å². The van der Waals surface area contributed by atoms with Gasteiger partial charge in [0.25, 0.3) is 0 Å². The average molecular weight is 196 g/mol. The maximum absolute atomic E-state index is 10.2. The number of rotatable bonds is 3. The summed E-state index contributed by atoms with van der Waals surface area (Å²) in [4.78, 5) is 10.2. The molecule has 0 saturated heterocycles. The van der Waals surface area contributed by atoms with E-state index in [1.807, 2.05) is 24.3 Å². The van der Waals surface area contributed by atoms with Crippen LogP contribution in [-0.4, -0.2) is 12.5 Å². The van der Waals surface area contributed by atoms with Crippen LogP contribution in [0.1, 0.15) is 17.9 Å². The number of amides is 1. The fourth-order valence-corrected chi connectivity index (χ4v) is 1.67. The Morgan fingerprint density at radius 3 is 2.69 bits per heavy atom. The number of carbonyl (C=O) groups is 1. The van der Waals surface area contributed by atoms with Gasteiger partial charge in [-0.25, -0.2) is 0 Å². The highest BCUT2D eigenvalue weighted by Gasteiger charge is 2.37. The third-order valence-corrected chi connectivity index (χ3v) is 2.62. The summed E-state index contributed by atoms with van der Waals surface area (Å²) in [5, 5.41) is 3.52. The second-order valence-corrected chi connectivity index (χ2v) is 3.72. The third-order valence-electron chi connectivity index (χ3n) is 2.37. The first kappa shape index (κ1) is 8.57. The number of hydrogen-bond acceptors (Lipinski definition) is 1. The van der Waals surface area contributed by atoms with E-state index in [9.17, 15) is 4.79 Å². The maximum atomic E-state index is 10.2. The van der Waals surface area contributed by atoms with Crippen molar-refractivity contribution in [3.63, 3.8) is 0 Å². The normalized spacial score (nSPS) is 25.3. The highest BCUT2D eigenvalue weighted by Crippen LogP contribution is 2.40. The smallest absolute Gasteiger partial charge is 0.207 e. The fraction of sp³-hybridized carbons (Fsp3) is 0.300. The van der Waals surface area contributed by atoms with Gasteiger partial charge in [0, 0.05) is 17.0 Å². The van der Waals surface area contributed by atoms with E-state index in [1.54, 1.807) is 0 Å². The number of carbonyl (C=O) groups excluding carboxylic acids is 1.